The highest BCUT2D eigenvalue weighted by molar-refractivity contribution is 7.19. The summed E-state index contributed by atoms with van der Waals surface area (Å²) in [5.74, 6) is 0. The summed E-state index contributed by atoms with van der Waals surface area (Å²) in [5.41, 5.74) is 8.60. The molecular formula is C23H19N3S. The van der Waals surface area contributed by atoms with E-state index in [0.717, 1.165) is 32.4 Å². The first-order chi connectivity index (χ1) is 13.3. The molecule has 0 saturated carbocycles. The van der Waals surface area contributed by atoms with Crippen LogP contribution in [0.3, 0.4) is 0 Å². The van der Waals surface area contributed by atoms with E-state index < -0.39 is 0 Å². The molecule has 4 rings (SSSR count). The Morgan fingerprint density at radius 2 is 1.44 bits per heavy atom. The molecule has 0 aliphatic heterocycles. The first-order valence-corrected chi connectivity index (χ1v) is 9.59. The molecule has 4 aromatic rings. The highest BCUT2D eigenvalue weighted by Crippen LogP contribution is 2.38. The average molecular weight is 369 g/mol. The van der Waals surface area contributed by atoms with Crippen LogP contribution < -0.4 is 5.43 Å². The van der Waals surface area contributed by atoms with E-state index in [9.17, 15) is 0 Å². The number of anilines is 1. The van der Waals surface area contributed by atoms with Gasteiger partial charge in [-0.1, -0.05) is 102 Å². The summed E-state index contributed by atoms with van der Waals surface area (Å²) in [4.78, 5) is 5.93. The quantitative estimate of drug-likeness (QED) is 0.334. The fraction of sp³-hybridized carbons (Fsp3) is 0.0435. The second-order valence-electron chi connectivity index (χ2n) is 6.21. The van der Waals surface area contributed by atoms with Crippen molar-refractivity contribution in [1.82, 2.24) is 4.98 Å². The number of aryl methyl sites for hydroxylation is 1. The number of aromatic nitrogens is 1. The standard InChI is InChI=1S/C23H19N3S/c1-17-12-14-18(15-13-17)16-24-26-23-25-21(19-8-4-2-5-9-19)22(27-23)20-10-6-3-7-11-20/h2-16H,1H3,(H,25,26)/b24-16-. The van der Waals surface area contributed by atoms with Gasteiger partial charge in [-0.25, -0.2) is 4.98 Å². The Labute approximate surface area is 163 Å². The third-order valence-electron chi connectivity index (χ3n) is 4.16. The Morgan fingerprint density at radius 3 is 2.11 bits per heavy atom. The van der Waals surface area contributed by atoms with Crippen LogP contribution in [0.4, 0.5) is 5.13 Å². The van der Waals surface area contributed by atoms with Crippen LogP contribution in [-0.4, -0.2) is 11.2 Å². The molecule has 27 heavy (non-hydrogen) atoms. The molecule has 132 valence electrons. The van der Waals surface area contributed by atoms with Crippen LogP contribution in [0.1, 0.15) is 11.1 Å². The molecule has 0 aliphatic carbocycles. The Balaban J connectivity index is 1.64. The summed E-state index contributed by atoms with van der Waals surface area (Å²) in [5, 5.41) is 5.13. The Bertz CT molecular complexity index is 979. The summed E-state index contributed by atoms with van der Waals surface area (Å²) in [6.07, 6.45) is 1.81. The van der Waals surface area contributed by atoms with Crippen molar-refractivity contribution in [2.45, 2.75) is 6.92 Å². The van der Waals surface area contributed by atoms with Crippen LogP contribution in [0.25, 0.3) is 21.7 Å². The van der Waals surface area contributed by atoms with Gasteiger partial charge in [0.2, 0.25) is 5.13 Å². The van der Waals surface area contributed by atoms with E-state index in [4.69, 9.17) is 4.98 Å². The zero-order valence-corrected chi connectivity index (χ0v) is 15.8. The molecule has 3 nitrogen and oxygen atoms in total. The maximum absolute atomic E-state index is 4.80. The molecule has 0 radical (unpaired) electrons. The largest absolute Gasteiger partial charge is 0.253 e. The highest BCUT2D eigenvalue weighted by atomic mass is 32.1. The first-order valence-electron chi connectivity index (χ1n) is 8.77. The lowest BCUT2D eigenvalue weighted by Gasteiger charge is -2.02. The molecule has 0 fully saturated rings. The number of hydrogen-bond acceptors (Lipinski definition) is 4. The number of thiazole rings is 1. The minimum absolute atomic E-state index is 0.774. The second-order valence-corrected chi connectivity index (χ2v) is 7.21. The first kappa shape index (κ1) is 17.2. The van der Waals surface area contributed by atoms with Crippen molar-refractivity contribution in [2.24, 2.45) is 5.10 Å². The van der Waals surface area contributed by atoms with Gasteiger partial charge in [0.05, 0.1) is 16.8 Å². The van der Waals surface area contributed by atoms with Crippen LogP contribution in [0.2, 0.25) is 0 Å². The number of hydrogen-bond donors (Lipinski definition) is 1. The topological polar surface area (TPSA) is 37.3 Å². The van der Waals surface area contributed by atoms with Crippen LogP contribution in [0, 0.1) is 6.92 Å². The fourth-order valence-corrected chi connectivity index (χ4v) is 3.70. The van der Waals surface area contributed by atoms with Crippen molar-refractivity contribution in [2.75, 3.05) is 5.43 Å². The van der Waals surface area contributed by atoms with Gasteiger partial charge in [-0.2, -0.15) is 5.10 Å². The van der Waals surface area contributed by atoms with E-state index in [1.807, 2.05) is 54.7 Å². The molecule has 3 aromatic carbocycles. The van der Waals surface area contributed by atoms with Crippen molar-refractivity contribution < 1.29 is 0 Å². The fourth-order valence-electron chi connectivity index (χ4n) is 2.76. The number of hydrazone groups is 1. The van der Waals surface area contributed by atoms with Gasteiger partial charge in [0.15, 0.2) is 0 Å². The van der Waals surface area contributed by atoms with Crippen molar-refractivity contribution in [3.8, 4) is 21.7 Å². The molecular weight excluding hydrogens is 350 g/mol. The van der Waals surface area contributed by atoms with E-state index >= 15 is 0 Å². The lowest BCUT2D eigenvalue weighted by atomic mass is 10.1. The van der Waals surface area contributed by atoms with Gasteiger partial charge in [0, 0.05) is 5.56 Å². The van der Waals surface area contributed by atoms with Gasteiger partial charge in [-0.05, 0) is 18.1 Å². The molecule has 1 N–H and O–H groups in total. The molecule has 0 spiro atoms. The zero-order chi connectivity index (χ0) is 18.5. The number of benzene rings is 3. The van der Waals surface area contributed by atoms with Crippen LogP contribution >= 0.6 is 11.3 Å². The third kappa shape index (κ3) is 4.13. The van der Waals surface area contributed by atoms with E-state index in [-0.39, 0.29) is 0 Å². The van der Waals surface area contributed by atoms with Gasteiger partial charge in [-0.3, -0.25) is 5.43 Å². The summed E-state index contributed by atoms with van der Waals surface area (Å²) < 4.78 is 0. The van der Waals surface area contributed by atoms with Gasteiger partial charge >= 0.3 is 0 Å². The maximum atomic E-state index is 4.80. The minimum Gasteiger partial charge on any atom is -0.253 e. The van der Waals surface area contributed by atoms with Gasteiger partial charge in [0.25, 0.3) is 0 Å². The zero-order valence-electron chi connectivity index (χ0n) is 15.0. The summed E-state index contributed by atoms with van der Waals surface area (Å²) >= 11 is 1.61. The van der Waals surface area contributed by atoms with Crippen LogP contribution in [0.15, 0.2) is 90.0 Å². The third-order valence-corrected chi connectivity index (χ3v) is 5.17. The number of nitrogens with zero attached hydrogens (tertiary/aromatic N) is 2. The van der Waals surface area contributed by atoms with E-state index in [1.54, 1.807) is 11.3 Å². The van der Waals surface area contributed by atoms with Crippen LogP contribution in [0.5, 0.6) is 0 Å². The molecule has 0 saturated heterocycles. The molecule has 0 atom stereocenters. The predicted octanol–water partition coefficient (Wildman–Crippen LogP) is 6.23. The normalized spacial score (nSPS) is 11.0. The van der Waals surface area contributed by atoms with E-state index in [1.165, 1.54) is 5.56 Å². The van der Waals surface area contributed by atoms with Crippen molar-refractivity contribution >= 4 is 22.7 Å². The average Bonchev–Trinajstić information content (AvgIpc) is 3.15. The SMILES string of the molecule is Cc1ccc(/C=N\Nc2nc(-c3ccccc3)c(-c3ccccc3)s2)cc1. The second kappa shape index (κ2) is 7.98. The Morgan fingerprint density at radius 1 is 0.815 bits per heavy atom. The van der Waals surface area contributed by atoms with Crippen molar-refractivity contribution in [3.05, 3.63) is 96.1 Å². The van der Waals surface area contributed by atoms with Crippen molar-refractivity contribution in [1.29, 1.82) is 0 Å². The molecule has 1 heterocycles. The molecule has 0 unspecified atom stereocenters. The summed E-state index contributed by atoms with van der Waals surface area (Å²) in [6.45, 7) is 2.07. The van der Waals surface area contributed by atoms with Gasteiger partial charge in [0.1, 0.15) is 0 Å². The lowest BCUT2D eigenvalue weighted by molar-refractivity contribution is 1.29. The van der Waals surface area contributed by atoms with Gasteiger partial charge in [-0.15, -0.1) is 0 Å². The number of rotatable bonds is 5. The summed E-state index contributed by atoms with van der Waals surface area (Å²) in [6, 6.07) is 28.8. The van der Waals surface area contributed by atoms with Crippen LogP contribution in [-0.2, 0) is 0 Å². The molecule has 4 heteroatoms. The van der Waals surface area contributed by atoms with E-state index in [0.29, 0.717) is 0 Å². The van der Waals surface area contributed by atoms with E-state index in [2.05, 4.69) is 53.8 Å². The smallest absolute Gasteiger partial charge is 0.204 e. The number of nitrogens with one attached hydrogen (secondary N) is 1. The highest BCUT2D eigenvalue weighted by Gasteiger charge is 2.14. The molecule has 0 amide bonds. The Hall–Kier alpha value is -3.24. The molecule has 1 aromatic heterocycles. The molecule has 0 bridgehead atoms. The predicted molar refractivity (Wildman–Crippen MR) is 115 cm³/mol. The molecule has 0 aliphatic rings. The maximum Gasteiger partial charge on any atom is 0.204 e. The van der Waals surface area contributed by atoms with Crippen molar-refractivity contribution in [3.63, 3.8) is 0 Å². The monoisotopic (exact) mass is 369 g/mol. The van der Waals surface area contributed by atoms with Gasteiger partial charge < -0.3 is 0 Å². The summed E-state index contributed by atoms with van der Waals surface area (Å²) in [7, 11) is 0. The minimum atomic E-state index is 0.774. The Kier molecular flexibility index (Phi) is 5.08. The lowest BCUT2D eigenvalue weighted by Crippen LogP contribution is -1.90.